The van der Waals surface area contributed by atoms with E-state index in [-0.39, 0.29) is 11.4 Å². The van der Waals surface area contributed by atoms with Crippen molar-refractivity contribution < 1.29 is 12.8 Å². The molecule has 0 saturated heterocycles. The Balaban J connectivity index is 2.04. The largest absolute Gasteiger partial charge is 0.247 e. The van der Waals surface area contributed by atoms with Gasteiger partial charge in [0.25, 0.3) is 0 Å². The summed E-state index contributed by atoms with van der Waals surface area (Å²) in [7, 11) is -3.84. The Morgan fingerprint density at radius 3 is 2.80 bits per heavy atom. The molecule has 0 saturated carbocycles. The van der Waals surface area contributed by atoms with Crippen molar-refractivity contribution in [2.45, 2.75) is 18.2 Å². The minimum absolute atomic E-state index is 0.185. The molecule has 0 unspecified atom stereocenters. The number of aromatic nitrogens is 1. The van der Waals surface area contributed by atoms with Crippen LogP contribution in [0.25, 0.3) is 0 Å². The molecule has 0 aliphatic rings. The molecule has 1 aromatic carbocycles. The number of aryl methyl sites for hydroxylation is 1. The van der Waals surface area contributed by atoms with E-state index in [9.17, 15) is 12.8 Å². The second kappa shape index (κ2) is 6.30. The SMILES string of the molecule is Cc1csc(CCNS(=O)(=O)c2ccc(Br)cc2F)n1. The van der Waals surface area contributed by atoms with Crippen LogP contribution in [0.4, 0.5) is 4.39 Å². The van der Waals surface area contributed by atoms with Gasteiger partial charge in [-0.25, -0.2) is 22.5 Å². The number of hydrogen-bond acceptors (Lipinski definition) is 4. The smallest absolute Gasteiger partial charge is 0.243 e. The molecular formula is C12H12BrFN2O2S2. The van der Waals surface area contributed by atoms with Gasteiger partial charge in [0.05, 0.1) is 5.01 Å². The van der Waals surface area contributed by atoms with Crippen molar-refractivity contribution in [2.75, 3.05) is 6.54 Å². The molecule has 1 N–H and O–H groups in total. The third-order valence-corrected chi connectivity index (χ3v) is 5.49. The van der Waals surface area contributed by atoms with E-state index in [0.29, 0.717) is 10.9 Å². The normalized spacial score (nSPS) is 11.8. The highest BCUT2D eigenvalue weighted by Crippen LogP contribution is 2.19. The van der Waals surface area contributed by atoms with Crippen molar-refractivity contribution in [3.05, 3.63) is 44.6 Å². The number of hydrogen-bond donors (Lipinski definition) is 1. The quantitative estimate of drug-likeness (QED) is 0.869. The van der Waals surface area contributed by atoms with Gasteiger partial charge in [0.15, 0.2) is 0 Å². The zero-order chi connectivity index (χ0) is 14.8. The zero-order valence-corrected chi connectivity index (χ0v) is 13.8. The topological polar surface area (TPSA) is 59.1 Å². The number of sulfonamides is 1. The lowest BCUT2D eigenvalue weighted by Crippen LogP contribution is -2.26. The molecule has 0 aliphatic carbocycles. The van der Waals surface area contributed by atoms with Crippen molar-refractivity contribution in [2.24, 2.45) is 0 Å². The maximum atomic E-state index is 13.6. The Morgan fingerprint density at radius 2 is 2.20 bits per heavy atom. The number of halogens is 2. The molecule has 0 fully saturated rings. The predicted octanol–water partition coefficient (Wildman–Crippen LogP) is 2.87. The van der Waals surface area contributed by atoms with Gasteiger partial charge in [-0.1, -0.05) is 15.9 Å². The van der Waals surface area contributed by atoms with Crippen LogP contribution in [0.15, 0.2) is 32.9 Å². The maximum Gasteiger partial charge on any atom is 0.243 e. The van der Waals surface area contributed by atoms with Crippen LogP contribution in [-0.2, 0) is 16.4 Å². The fourth-order valence-electron chi connectivity index (χ4n) is 1.58. The molecule has 108 valence electrons. The van der Waals surface area contributed by atoms with Crippen molar-refractivity contribution in [3.63, 3.8) is 0 Å². The van der Waals surface area contributed by atoms with Crippen LogP contribution >= 0.6 is 27.3 Å². The summed E-state index contributed by atoms with van der Waals surface area (Å²) in [6.07, 6.45) is 0.482. The maximum absolute atomic E-state index is 13.6. The standard InChI is InChI=1S/C12H12BrFN2O2S2/c1-8-7-19-12(16-8)4-5-15-20(17,18)11-3-2-9(13)6-10(11)14/h2-3,6-7,15H,4-5H2,1H3. The molecule has 20 heavy (non-hydrogen) atoms. The lowest BCUT2D eigenvalue weighted by Gasteiger charge is -2.07. The van der Waals surface area contributed by atoms with Crippen LogP contribution < -0.4 is 4.72 Å². The molecule has 8 heteroatoms. The average molecular weight is 379 g/mol. The molecule has 0 spiro atoms. The molecule has 0 radical (unpaired) electrons. The van der Waals surface area contributed by atoms with E-state index in [1.165, 1.54) is 23.5 Å². The first kappa shape index (κ1) is 15.6. The van der Waals surface area contributed by atoms with E-state index in [2.05, 4.69) is 25.6 Å². The van der Waals surface area contributed by atoms with Crippen molar-refractivity contribution in [1.82, 2.24) is 9.71 Å². The number of nitrogens with one attached hydrogen (secondary N) is 1. The molecule has 2 rings (SSSR count). The third kappa shape index (κ3) is 3.85. The fourth-order valence-corrected chi connectivity index (χ4v) is 3.78. The first-order valence-electron chi connectivity index (χ1n) is 5.74. The fraction of sp³-hybridized carbons (Fsp3) is 0.250. The van der Waals surface area contributed by atoms with Crippen LogP contribution in [0, 0.1) is 12.7 Å². The van der Waals surface area contributed by atoms with Crippen molar-refractivity contribution in [3.8, 4) is 0 Å². The average Bonchev–Trinajstić information content (AvgIpc) is 2.74. The van der Waals surface area contributed by atoms with Gasteiger partial charge in [-0.3, -0.25) is 0 Å². The monoisotopic (exact) mass is 378 g/mol. The minimum atomic E-state index is -3.84. The second-order valence-corrected chi connectivity index (χ2v) is 7.70. The van der Waals surface area contributed by atoms with Crippen molar-refractivity contribution >= 4 is 37.3 Å². The summed E-state index contributed by atoms with van der Waals surface area (Å²) in [5.74, 6) is -0.781. The van der Waals surface area contributed by atoms with Gasteiger partial charge < -0.3 is 0 Å². The van der Waals surface area contributed by atoms with Crippen molar-refractivity contribution in [1.29, 1.82) is 0 Å². The lowest BCUT2D eigenvalue weighted by molar-refractivity contribution is 0.556. The van der Waals surface area contributed by atoms with E-state index >= 15 is 0 Å². The summed E-state index contributed by atoms with van der Waals surface area (Å²) >= 11 is 4.56. The van der Waals surface area contributed by atoms with Crippen LogP contribution in [0.2, 0.25) is 0 Å². The Hall–Kier alpha value is -0.830. The Morgan fingerprint density at radius 1 is 1.45 bits per heavy atom. The van der Waals surface area contributed by atoms with Gasteiger partial charge in [-0.2, -0.15) is 0 Å². The van der Waals surface area contributed by atoms with Gasteiger partial charge in [0.1, 0.15) is 10.7 Å². The third-order valence-electron chi connectivity index (χ3n) is 2.48. The Labute approximate surface area is 129 Å². The van der Waals surface area contributed by atoms with Gasteiger partial charge in [-0.15, -0.1) is 11.3 Å². The van der Waals surface area contributed by atoms with E-state index in [4.69, 9.17) is 0 Å². The van der Waals surface area contributed by atoms with Gasteiger partial charge in [0, 0.05) is 28.5 Å². The summed E-state index contributed by atoms with van der Waals surface area (Å²) in [6, 6.07) is 3.84. The molecule has 4 nitrogen and oxygen atoms in total. The highest BCUT2D eigenvalue weighted by atomic mass is 79.9. The minimum Gasteiger partial charge on any atom is -0.247 e. The Bertz CT molecular complexity index is 716. The highest BCUT2D eigenvalue weighted by Gasteiger charge is 2.18. The second-order valence-electron chi connectivity index (χ2n) is 4.11. The summed E-state index contributed by atoms with van der Waals surface area (Å²) in [5, 5.41) is 2.75. The van der Waals surface area contributed by atoms with E-state index < -0.39 is 15.8 Å². The molecule has 0 aliphatic heterocycles. The lowest BCUT2D eigenvalue weighted by atomic mass is 10.3. The molecule has 2 aromatic rings. The first-order valence-corrected chi connectivity index (χ1v) is 8.90. The number of benzene rings is 1. The van der Waals surface area contributed by atoms with E-state index in [1.54, 1.807) is 0 Å². The van der Waals surface area contributed by atoms with Crippen LogP contribution in [-0.4, -0.2) is 19.9 Å². The summed E-state index contributed by atoms with van der Waals surface area (Å²) in [6.45, 7) is 2.06. The Kier molecular flexibility index (Phi) is 4.90. The zero-order valence-electron chi connectivity index (χ0n) is 10.6. The predicted molar refractivity (Wildman–Crippen MR) is 79.8 cm³/mol. The van der Waals surface area contributed by atoms with Gasteiger partial charge in [-0.05, 0) is 25.1 Å². The van der Waals surface area contributed by atoms with E-state index in [0.717, 1.165) is 16.8 Å². The van der Waals surface area contributed by atoms with Crippen LogP contribution in [0.1, 0.15) is 10.7 Å². The molecular weight excluding hydrogens is 367 g/mol. The number of thiazole rings is 1. The summed E-state index contributed by atoms with van der Waals surface area (Å²) in [4.78, 5) is 3.88. The molecule has 1 heterocycles. The highest BCUT2D eigenvalue weighted by molar-refractivity contribution is 9.10. The molecule has 0 amide bonds. The molecule has 0 atom stereocenters. The first-order chi connectivity index (χ1) is 9.38. The summed E-state index contributed by atoms with van der Waals surface area (Å²) in [5.41, 5.74) is 0.909. The van der Waals surface area contributed by atoms with Crippen LogP contribution in [0.3, 0.4) is 0 Å². The van der Waals surface area contributed by atoms with Gasteiger partial charge in [0.2, 0.25) is 10.0 Å². The molecule has 0 bridgehead atoms. The van der Waals surface area contributed by atoms with Crippen LogP contribution in [0.5, 0.6) is 0 Å². The number of rotatable bonds is 5. The number of nitrogens with zero attached hydrogens (tertiary/aromatic N) is 1. The van der Waals surface area contributed by atoms with Gasteiger partial charge >= 0.3 is 0 Å². The summed E-state index contributed by atoms with van der Waals surface area (Å²) < 4.78 is 40.5. The molecule has 1 aromatic heterocycles. The van der Waals surface area contributed by atoms with E-state index in [1.807, 2.05) is 12.3 Å².